The van der Waals surface area contributed by atoms with Gasteiger partial charge in [0.15, 0.2) is 0 Å². The van der Waals surface area contributed by atoms with Crippen LogP contribution in [-0.4, -0.2) is 55.1 Å². The highest BCUT2D eigenvalue weighted by atomic mass is 79.9. The molecule has 2 fully saturated rings. The number of hydrogen-bond donors (Lipinski definition) is 1. The molecule has 1 aromatic carbocycles. The first-order valence-corrected chi connectivity index (χ1v) is 8.02. The Hall–Kier alpha value is -0.130. The van der Waals surface area contributed by atoms with E-state index in [4.69, 9.17) is 0 Å². The average molecular weight is 361 g/mol. The van der Waals surface area contributed by atoms with E-state index in [2.05, 4.69) is 55.3 Å². The van der Waals surface area contributed by atoms with Gasteiger partial charge >= 0.3 is 0 Å². The number of rotatable bonds is 3. The summed E-state index contributed by atoms with van der Waals surface area (Å²) >= 11 is 3.55. The fourth-order valence-electron chi connectivity index (χ4n) is 3.13. The Morgan fingerprint density at radius 3 is 2.65 bits per heavy atom. The van der Waals surface area contributed by atoms with Gasteiger partial charge in [-0.3, -0.25) is 9.80 Å². The van der Waals surface area contributed by atoms with Crippen LogP contribution in [0.15, 0.2) is 28.7 Å². The molecular formula is C15H23BrClN3. The van der Waals surface area contributed by atoms with Crippen molar-refractivity contribution in [2.75, 3.05) is 39.3 Å². The van der Waals surface area contributed by atoms with Crippen LogP contribution in [0.3, 0.4) is 0 Å². The van der Waals surface area contributed by atoms with Crippen LogP contribution in [-0.2, 0) is 6.54 Å². The zero-order chi connectivity index (χ0) is 13.1. The largest absolute Gasteiger partial charge is 0.315 e. The molecule has 2 aliphatic heterocycles. The molecule has 112 valence electrons. The molecule has 2 saturated heterocycles. The minimum absolute atomic E-state index is 0. The number of benzene rings is 1. The molecule has 0 aliphatic carbocycles. The fourth-order valence-corrected chi connectivity index (χ4v) is 3.58. The van der Waals surface area contributed by atoms with E-state index in [1.54, 1.807) is 0 Å². The summed E-state index contributed by atoms with van der Waals surface area (Å²) in [5.74, 6) is 0. The van der Waals surface area contributed by atoms with E-state index in [1.807, 2.05) is 0 Å². The molecule has 0 amide bonds. The monoisotopic (exact) mass is 359 g/mol. The molecular weight excluding hydrogens is 338 g/mol. The van der Waals surface area contributed by atoms with E-state index in [0.29, 0.717) is 0 Å². The van der Waals surface area contributed by atoms with Gasteiger partial charge in [-0.15, -0.1) is 12.4 Å². The van der Waals surface area contributed by atoms with E-state index in [0.717, 1.165) is 12.6 Å². The number of nitrogens with one attached hydrogen (secondary N) is 1. The highest BCUT2D eigenvalue weighted by molar-refractivity contribution is 9.10. The third-order valence-corrected chi connectivity index (χ3v) is 4.75. The van der Waals surface area contributed by atoms with Crippen LogP contribution in [0.4, 0.5) is 0 Å². The first kappa shape index (κ1) is 16.2. The van der Waals surface area contributed by atoms with E-state index in [9.17, 15) is 0 Å². The van der Waals surface area contributed by atoms with Gasteiger partial charge in [-0.25, -0.2) is 0 Å². The van der Waals surface area contributed by atoms with Gasteiger partial charge in [0.1, 0.15) is 0 Å². The summed E-state index contributed by atoms with van der Waals surface area (Å²) in [6.07, 6.45) is 1.33. The molecule has 2 aliphatic rings. The molecule has 3 nitrogen and oxygen atoms in total. The quantitative estimate of drug-likeness (QED) is 0.892. The van der Waals surface area contributed by atoms with Crippen molar-refractivity contribution < 1.29 is 0 Å². The predicted molar refractivity (Wildman–Crippen MR) is 89.5 cm³/mol. The summed E-state index contributed by atoms with van der Waals surface area (Å²) in [7, 11) is 0. The first-order chi connectivity index (χ1) is 9.31. The van der Waals surface area contributed by atoms with Gasteiger partial charge in [0.2, 0.25) is 0 Å². The van der Waals surface area contributed by atoms with Crippen molar-refractivity contribution in [1.82, 2.24) is 15.1 Å². The second kappa shape index (κ2) is 7.76. The molecule has 5 heteroatoms. The normalized spacial score (nSPS) is 24.6. The molecule has 0 aromatic heterocycles. The molecule has 1 unspecified atom stereocenters. The second-order valence-corrected chi connectivity index (χ2v) is 6.50. The van der Waals surface area contributed by atoms with E-state index < -0.39 is 0 Å². The Balaban J connectivity index is 0.00000147. The zero-order valence-corrected chi connectivity index (χ0v) is 14.1. The molecule has 1 N–H and O–H groups in total. The third-order valence-electron chi connectivity index (χ3n) is 4.25. The van der Waals surface area contributed by atoms with Crippen molar-refractivity contribution in [2.24, 2.45) is 0 Å². The second-order valence-electron chi connectivity index (χ2n) is 5.59. The van der Waals surface area contributed by atoms with Gasteiger partial charge in [0.25, 0.3) is 0 Å². The standard InChI is InChI=1S/C15H22BrN3.ClH/c16-14-3-1-2-13(10-14)12-18-6-8-19(9-7-18)15-4-5-17-11-15;/h1-3,10,15,17H,4-9,11-12H2;1H. The van der Waals surface area contributed by atoms with Gasteiger partial charge in [-0.2, -0.15) is 0 Å². The highest BCUT2D eigenvalue weighted by Crippen LogP contribution is 2.16. The number of hydrogen-bond acceptors (Lipinski definition) is 3. The lowest BCUT2D eigenvalue weighted by atomic mass is 10.1. The predicted octanol–water partition coefficient (Wildman–Crippen LogP) is 2.35. The summed E-state index contributed by atoms with van der Waals surface area (Å²) in [5, 5.41) is 3.47. The fraction of sp³-hybridized carbons (Fsp3) is 0.600. The number of nitrogens with zero attached hydrogens (tertiary/aromatic N) is 2. The van der Waals surface area contributed by atoms with E-state index in [1.165, 1.54) is 55.7 Å². The van der Waals surface area contributed by atoms with Gasteiger partial charge in [0, 0.05) is 49.8 Å². The molecule has 3 rings (SSSR count). The molecule has 20 heavy (non-hydrogen) atoms. The number of halogens is 2. The summed E-state index contributed by atoms with van der Waals surface area (Å²) in [6.45, 7) is 8.30. The van der Waals surface area contributed by atoms with Crippen molar-refractivity contribution in [1.29, 1.82) is 0 Å². The lowest BCUT2D eigenvalue weighted by molar-refractivity contribution is 0.0981. The van der Waals surface area contributed by atoms with Gasteiger partial charge in [-0.05, 0) is 30.7 Å². The Morgan fingerprint density at radius 1 is 1.20 bits per heavy atom. The molecule has 1 atom stereocenters. The molecule has 0 radical (unpaired) electrons. The van der Waals surface area contributed by atoms with Gasteiger partial charge in [0.05, 0.1) is 0 Å². The molecule has 0 saturated carbocycles. The molecule has 0 bridgehead atoms. The van der Waals surface area contributed by atoms with Crippen molar-refractivity contribution in [3.8, 4) is 0 Å². The van der Waals surface area contributed by atoms with Crippen LogP contribution in [0.2, 0.25) is 0 Å². The highest BCUT2D eigenvalue weighted by Gasteiger charge is 2.25. The topological polar surface area (TPSA) is 18.5 Å². The van der Waals surface area contributed by atoms with Crippen LogP contribution in [0.25, 0.3) is 0 Å². The maximum absolute atomic E-state index is 3.55. The van der Waals surface area contributed by atoms with Crippen molar-refractivity contribution in [2.45, 2.75) is 19.0 Å². The Morgan fingerprint density at radius 2 is 2.00 bits per heavy atom. The van der Waals surface area contributed by atoms with Gasteiger partial charge < -0.3 is 5.32 Å². The SMILES string of the molecule is Brc1cccc(CN2CCN(C3CCNC3)CC2)c1.Cl. The minimum atomic E-state index is 0. The minimum Gasteiger partial charge on any atom is -0.315 e. The number of piperazine rings is 1. The van der Waals surface area contributed by atoms with Gasteiger partial charge in [-0.1, -0.05) is 28.1 Å². The smallest absolute Gasteiger partial charge is 0.0235 e. The lowest BCUT2D eigenvalue weighted by Crippen LogP contribution is -2.50. The van der Waals surface area contributed by atoms with Crippen LogP contribution in [0.1, 0.15) is 12.0 Å². The Bertz CT molecular complexity index is 415. The van der Waals surface area contributed by atoms with Crippen molar-refractivity contribution >= 4 is 28.3 Å². The first-order valence-electron chi connectivity index (χ1n) is 7.23. The maximum Gasteiger partial charge on any atom is 0.0235 e. The maximum atomic E-state index is 3.55. The van der Waals surface area contributed by atoms with Crippen LogP contribution >= 0.6 is 28.3 Å². The molecule has 0 spiro atoms. The van der Waals surface area contributed by atoms with Crippen LogP contribution in [0.5, 0.6) is 0 Å². The Kier molecular flexibility index (Phi) is 6.30. The molecule has 1 aromatic rings. The van der Waals surface area contributed by atoms with Crippen molar-refractivity contribution in [3.63, 3.8) is 0 Å². The lowest BCUT2D eigenvalue weighted by Gasteiger charge is -2.37. The van der Waals surface area contributed by atoms with Crippen LogP contribution < -0.4 is 5.32 Å². The average Bonchev–Trinajstić information content (AvgIpc) is 2.94. The summed E-state index contributed by atoms with van der Waals surface area (Å²) < 4.78 is 1.18. The van der Waals surface area contributed by atoms with Crippen LogP contribution in [0, 0.1) is 0 Å². The van der Waals surface area contributed by atoms with Crippen molar-refractivity contribution in [3.05, 3.63) is 34.3 Å². The third kappa shape index (κ3) is 4.18. The molecule has 2 heterocycles. The summed E-state index contributed by atoms with van der Waals surface area (Å²) in [4.78, 5) is 5.23. The van der Waals surface area contributed by atoms with E-state index >= 15 is 0 Å². The van der Waals surface area contributed by atoms with E-state index in [-0.39, 0.29) is 12.4 Å². The summed E-state index contributed by atoms with van der Waals surface area (Å²) in [6, 6.07) is 9.45. The zero-order valence-electron chi connectivity index (χ0n) is 11.7. The summed E-state index contributed by atoms with van der Waals surface area (Å²) in [5.41, 5.74) is 1.41. The Labute approximate surface area is 136 Å².